The first-order valence-electron chi connectivity index (χ1n) is 14.9. The molecule has 2 aromatic rings. The number of hydrogen-bond donors (Lipinski definition) is 1. The number of ketones is 1. The van der Waals surface area contributed by atoms with E-state index in [4.69, 9.17) is 4.74 Å². The summed E-state index contributed by atoms with van der Waals surface area (Å²) in [6.45, 7) is 9.72. The third-order valence-corrected chi connectivity index (χ3v) is 9.44. The Labute approximate surface area is 244 Å². The number of rotatable bonds is 4. The molecule has 6 rings (SSSR count). The number of fused-ring (bicyclic) bond motifs is 1. The summed E-state index contributed by atoms with van der Waals surface area (Å²) in [5.74, 6) is -0.487. The number of hydrogen-bond acceptors (Lipinski definition) is 8. The number of carbonyl (C=O) groups excluding carboxylic acids is 4. The maximum atomic E-state index is 13.1. The number of piperazine rings is 1. The van der Waals surface area contributed by atoms with E-state index in [1.165, 1.54) is 4.57 Å². The zero-order valence-electron chi connectivity index (χ0n) is 24.9. The second-order valence-electron chi connectivity index (χ2n) is 13.2. The van der Waals surface area contributed by atoms with Gasteiger partial charge in [-0.25, -0.2) is 9.59 Å². The van der Waals surface area contributed by atoms with Gasteiger partial charge in [-0.15, -0.1) is 0 Å². The van der Waals surface area contributed by atoms with Crippen LogP contribution in [-0.2, 0) is 26.2 Å². The molecule has 12 nitrogen and oxygen atoms in total. The Morgan fingerprint density at radius 1 is 1.05 bits per heavy atom. The van der Waals surface area contributed by atoms with Crippen LogP contribution in [-0.4, -0.2) is 93.5 Å². The van der Waals surface area contributed by atoms with Gasteiger partial charge in [-0.1, -0.05) is 0 Å². The molecule has 3 saturated heterocycles. The summed E-state index contributed by atoms with van der Waals surface area (Å²) in [6, 6.07) is 4.95. The third kappa shape index (κ3) is 4.79. The van der Waals surface area contributed by atoms with Crippen LogP contribution in [0.3, 0.4) is 0 Å². The summed E-state index contributed by atoms with van der Waals surface area (Å²) >= 11 is 0. The average Bonchev–Trinajstić information content (AvgIpc) is 3.43. The molecule has 1 aromatic heterocycles. The van der Waals surface area contributed by atoms with Crippen LogP contribution in [0.1, 0.15) is 58.9 Å². The molecule has 1 aromatic carbocycles. The van der Waals surface area contributed by atoms with Crippen LogP contribution in [0.15, 0.2) is 23.0 Å². The number of aryl methyl sites for hydroxylation is 1. The summed E-state index contributed by atoms with van der Waals surface area (Å²) in [6.07, 6.45) is 2.44. The number of anilines is 1. The number of ether oxygens (including phenoxy) is 1. The van der Waals surface area contributed by atoms with Gasteiger partial charge in [0, 0.05) is 64.8 Å². The second-order valence-corrected chi connectivity index (χ2v) is 13.2. The highest BCUT2D eigenvalue weighted by Gasteiger charge is 2.61. The number of amides is 3. The van der Waals surface area contributed by atoms with E-state index in [9.17, 15) is 24.0 Å². The predicted octanol–water partition coefficient (Wildman–Crippen LogP) is 1.80. The van der Waals surface area contributed by atoms with Gasteiger partial charge in [0.2, 0.25) is 11.8 Å². The molecule has 1 spiro atoms. The number of nitrogens with one attached hydrogen (secondary N) is 1. The first kappa shape index (κ1) is 28.4. The van der Waals surface area contributed by atoms with Gasteiger partial charge in [0.1, 0.15) is 17.4 Å². The Balaban J connectivity index is 1.15. The van der Waals surface area contributed by atoms with Crippen LogP contribution < -0.4 is 15.9 Å². The van der Waals surface area contributed by atoms with Gasteiger partial charge in [0.15, 0.2) is 0 Å². The van der Waals surface area contributed by atoms with Gasteiger partial charge in [0.05, 0.1) is 22.5 Å². The highest BCUT2D eigenvalue weighted by molar-refractivity contribution is 6.00. The smallest absolute Gasteiger partial charge is 0.410 e. The fourth-order valence-electron chi connectivity index (χ4n) is 7.17. The van der Waals surface area contributed by atoms with Crippen molar-refractivity contribution in [1.29, 1.82) is 0 Å². The van der Waals surface area contributed by atoms with E-state index in [1.54, 1.807) is 16.5 Å². The highest BCUT2D eigenvalue weighted by Crippen LogP contribution is 2.49. The average molecular weight is 581 g/mol. The summed E-state index contributed by atoms with van der Waals surface area (Å²) in [5, 5.41) is 2.35. The Kier molecular flexibility index (Phi) is 6.94. The quantitative estimate of drug-likeness (QED) is 0.543. The third-order valence-electron chi connectivity index (χ3n) is 9.44. The van der Waals surface area contributed by atoms with E-state index in [1.807, 2.05) is 39.0 Å². The number of carbonyl (C=O) groups is 4. The number of aromatic nitrogens is 2. The van der Waals surface area contributed by atoms with E-state index < -0.39 is 23.0 Å². The summed E-state index contributed by atoms with van der Waals surface area (Å²) in [5.41, 5.74) is 1.06. The highest BCUT2D eigenvalue weighted by atomic mass is 16.6. The number of nitrogens with zero attached hydrogens (tertiary/aromatic N) is 5. The minimum Gasteiger partial charge on any atom is -0.444 e. The maximum absolute atomic E-state index is 13.1. The number of likely N-dealkylation sites (tertiary alicyclic amines) is 1. The molecule has 226 valence electrons. The number of imide groups is 1. The minimum absolute atomic E-state index is 0.174. The first-order valence-corrected chi connectivity index (χ1v) is 14.9. The fraction of sp³-hybridized carbons (Fsp3) is 0.633. The predicted molar refractivity (Wildman–Crippen MR) is 155 cm³/mol. The van der Waals surface area contributed by atoms with Crippen molar-refractivity contribution in [1.82, 2.24) is 24.3 Å². The standard InChI is InChI=1S/C30H40N6O6/c1-29(2,3)42-28(41)35-18-30(11-5-6-24(30)37)23(35)17-33-12-14-34(15-13-33)19-7-8-20-22(16-19)32(4)27(40)36(20)21-9-10-25(38)31-26(21)39/h7-8,16,21,23H,5-6,9-15,17-18H2,1-4H3,(H,31,38,39). The van der Waals surface area contributed by atoms with Crippen LogP contribution in [0.2, 0.25) is 0 Å². The Morgan fingerprint density at radius 2 is 1.79 bits per heavy atom. The molecule has 42 heavy (non-hydrogen) atoms. The van der Waals surface area contributed by atoms with Crippen LogP contribution in [0.25, 0.3) is 11.0 Å². The molecule has 4 fully saturated rings. The SMILES string of the molecule is Cn1c(=O)n(C2CCC(=O)NC2=O)c2ccc(N3CCN(CC4N(C(=O)OC(C)(C)C)CC45CCCC5=O)CC3)cc21. The zero-order chi connectivity index (χ0) is 30.0. The molecule has 4 heterocycles. The molecule has 12 heteroatoms. The lowest BCUT2D eigenvalue weighted by atomic mass is 9.69. The van der Waals surface area contributed by atoms with Gasteiger partial charge in [-0.3, -0.25) is 33.7 Å². The van der Waals surface area contributed by atoms with E-state index in [2.05, 4.69) is 15.1 Å². The second kappa shape index (κ2) is 10.3. The molecular weight excluding hydrogens is 540 g/mol. The largest absolute Gasteiger partial charge is 0.444 e. The van der Waals surface area contributed by atoms with E-state index >= 15 is 0 Å². The molecule has 4 aliphatic rings. The van der Waals surface area contributed by atoms with Gasteiger partial charge >= 0.3 is 11.8 Å². The lowest BCUT2D eigenvalue weighted by molar-refractivity contribution is -0.145. The van der Waals surface area contributed by atoms with Crippen molar-refractivity contribution in [2.24, 2.45) is 12.5 Å². The molecule has 3 atom stereocenters. The first-order chi connectivity index (χ1) is 19.9. The van der Waals surface area contributed by atoms with E-state index in [0.29, 0.717) is 31.4 Å². The monoisotopic (exact) mass is 580 g/mol. The zero-order valence-corrected chi connectivity index (χ0v) is 24.9. The van der Waals surface area contributed by atoms with Gasteiger partial charge in [-0.05, 0) is 58.2 Å². The van der Waals surface area contributed by atoms with Crippen molar-refractivity contribution in [2.45, 2.75) is 70.6 Å². The molecule has 3 unspecified atom stereocenters. The van der Waals surface area contributed by atoms with Gasteiger partial charge < -0.3 is 14.5 Å². The minimum atomic E-state index is -0.713. The number of Topliss-reactive ketones (excluding diaryl/α,β-unsaturated/α-hetero) is 1. The van der Waals surface area contributed by atoms with Crippen molar-refractivity contribution in [3.05, 3.63) is 28.7 Å². The summed E-state index contributed by atoms with van der Waals surface area (Å²) in [7, 11) is 1.70. The fourth-order valence-corrected chi connectivity index (χ4v) is 7.17. The topological polar surface area (TPSA) is 126 Å². The van der Waals surface area contributed by atoms with E-state index in [-0.39, 0.29) is 35.9 Å². The number of imidazole rings is 1. The molecule has 1 aliphatic carbocycles. The van der Waals surface area contributed by atoms with E-state index in [0.717, 1.165) is 50.2 Å². The normalized spacial score (nSPS) is 27.1. The Hall–Kier alpha value is -3.67. The lowest BCUT2D eigenvalue weighted by Gasteiger charge is -2.56. The summed E-state index contributed by atoms with van der Waals surface area (Å²) in [4.78, 5) is 69.6. The number of piperidine rings is 1. The molecule has 3 amide bonds. The molecule has 3 aliphatic heterocycles. The van der Waals surface area contributed by atoms with Crippen LogP contribution in [0, 0.1) is 5.41 Å². The van der Waals surface area contributed by atoms with Crippen LogP contribution in [0.4, 0.5) is 10.5 Å². The number of benzene rings is 1. The Morgan fingerprint density at radius 3 is 2.43 bits per heavy atom. The van der Waals surface area contributed by atoms with Crippen LogP contribution in [0.5, 0.6) is 0 Å². The van der Waals surface area contributed by atoms with Crippen molar-refractivity contribution in [2.75, 3.05) is 44.2 Å². The molecule has 0 bridgehead atoms. The molecule has 0 radical (unpaired) electrons. The Bertz CT molecular complexity index is 1510. The molecular formula is C30H40N6O6. The van der Waals surface area contributed by atoms with Crippen molar-refractivity contribution >= 4 is 40.4 Å². The van der Waals surface area contributed by atoms with Crippen molar-refractivity contribution in [3.63, 3.8) is 0 Å². The van der Waals surface area contributed by atoms with Crippen LogP contribution >= 0.6 is 0 Å². The van der Waals surface area contributed by atoms with Crippen molar-refractivity contribution < 1.29 is 23.9 Å². The van der Waals surface area contributed by atoms with Gasteiger partial charge in [-0.2, -0.15) is 0 Å². The maximum Gasteiger partial charge on any atom is 0.410 e. The molecule has 1 saturated carbocycles. The van der Waals surface area contributed by atoms with Crippen molar-refractivity contribution in [3.8, 4) is 0 Å². The molecule has 1 N–H and O–H groups in total. The van der Waals surface area contributed by atoms with Gasteiger partial charge in [0.25, 0.3) is 0 Å². The summed E-state index contributed by atoms with van der Waals surface area (Å²) < 4.78 is 8.71. The lowest BCUT2D eigenvalue weighted by Crippen LogP contribution is -2.71.